The average Bonchev–Trinajstić information content (AvgIpc) is 2.04. The quantitative estimate of drug-likeness (QED) is 0.670. The van der Waals surface area contributed by atoms with Gasteiger partial charge in [0.05, 0.1) is 12.7 Å². The molecule has 2 rings (SSSR count). The first-order valence-corrected chi connectivity index (χ1v) is 4.25. The first-order chi connectivity index (χ1) is 5.77. The molecule has 12 heavy (non-hydrogen) atoms. The standard InChI is InChI=1S/C9H9ClO2/c10-6-1-2-7-8(11)3-4-12-9(7)5-6/h1-2,5,8,11H,3-4H2/t8-/m1/s1. The van der Waals surface area contributed by atoms with Gasteiger partial charge in [0, 0.05) is 17.0 Å². The molecule has 1 aromatic rings. The third-order valence-electron chi connectivity index (χ3n) is 1.98. The highest BCUT2D eigenvalue weighted by molar-refractivity contribution is 6.30. The third kappa shape index (κ3) is 1.28. The van der Waals surface area contributed by atoms with E-state index in [2.05, 4.69) is 0 Å². The summed E-state index contributed by atoms with van der Waals surface area (Å²) in [5.74, 6) is 0.709. The summed E-state index contributed by atoms with van der Waals surface area (Å²) < 4.78 is 5.33. The molecule has 0 aliphatic carbocycles. The first-order valence-electron chi connectivity index (χ1n) is 3.87. The molecule has 0 saturated heterocycles. The van der Waals surface area contributed by atoms with Crippen molar-refractivity contribution in [1.82, 2.24) is 0 Å². The number of hydrogen-bond donors (Lipinski definition) is 1. The topological polar surface area (TPSA) is 29.5 Å². The molecule has 1 aliphatic rings. The van der Waals surface area contributed by atoms with Crippen molar-refractivity contribution in [3.63, 3.8) is 0 Å². The molecule has 1 atom stereocenters. The first kappa shape index (κ1) is 7.90. The predicted octanol–water partition coefficient (Wildman–Crippen LogP) is 2.16. The summed E-state index contributed by atoms with van der Waals surface area (Å²) >= 11 is 5.76. The molecule has 1 aromatic carbocycles. The molecule has 1 heterocycles. The van der Waals surface area contributed by atoms with Gasteiger partial charge in [0.15, 0.2) is 0 Å². The van der Waals surface area contributed by atoms with Crippen molar-refractivity contribution in [2.45, 2.75) is 12.5 Å². The Morgan fingerprint density at radius 2 is 2.33 bits per heavy atom. The lowest BCUT2D eigenvalue weighted by atomic mass is 10.0. The van der Waals surface area contributed by atoms with Crippen LogP contribution in [0, 0.1) is 0 Å². The fourth-order valence-electron chi connectivity index (χ4n) is 1.34. The van der Waals surface area contributed by atoms with Gasteiger partial charge in [-0.2, -0.15) is 0 Å². The summed E-state index contributed by atoms with van der Waals surface area (Å²) in [5, 5.41) is 10.2. The molecule has 0 fully saturated rings. The van der Waals surface area contributed by atoms with Crippen LogP contribution in [0.15, 0.2) is 18.2 Å². The highest BCUT2D eigenvalue weighted by Gasteiger charge is 2.18. The van der Waals surface area contributed by atoms with E-state index in [0.29, 0.717) is 23.8 Å². The van der Waals surface area contributed by atoms with Crippen molar-refractivity contribution in [3.05, 3.63) is 28.8 Å². The van der Waals surface area contributed by atoms with Crippen LogP contribution in [0.1, 0.15) is 18.1 Å². The number of benzene rings is 1. The fraction of sp³-hybridized carbons (Fsp3) is 0.333. The summed E-state index contributed by atoms with van der Waals surface area (Å²) in [6.07, 6.45) is 0.264. The van der Waals surface area contributed by atoms with Crippen LogP contribution in [0.3, 0.4) is 0 Å². The van der Waals surface area contributed by atoms with Crippen LogP contribution >= 0.6 is 11.6 Å². The highest BCUT2D eigenvalue weighted by atomic mass is 35.5. The van der Waals surface area contributed by atoms with Crippen molar-refractivity contribution in [2.75, 3.05) is 6.61 Å². The van der Waals surface area contributed by atoms with Crippen molar-refractivity contribution in [2.24, 2.45) is 0 Å². The van der Waals surface area contributed by atoms with E-state index in [1.165, 1.54) is 0 Å². The lowest BCUT2D eigenvalue weighted by Gasteiger charge is -2.21. The summed E-state index contributed by atoms with van der Waals surface area (Å²) in [4.78, 5) is 0. The van der Waals surface area contributed by atoms with E-state index in [0.717, 1.165) is 5.56 Å². The number of halogens is 1. The van der Waals surface area contributed by atoms with Crippen LogP contribution in [0.4, 0.5) is 0 Å². The van der Waals surface area contributed by atoms with E-state index in [4.69, 9.17) is 16.3 Å². The Hall–Kier alpha value is -0.730. The Balaban J connectivity index is 2.46. The summed E-state index contributed by atoms with van der Waals surface area (Å²) in [6, 6.07) is 5.30. The number of hydrogen-bond acceptors (Lipinski definition) is 2. The van der Waals surface area contributed by atoms with Crippen molar-refractivity contribution < 1.29 is 9.84 Å². The zero-order chi connectivity index (χ0) is 8.55. The van der Waals surface area contributed by atoms with Crippen LogP contribution in [-0.2, 0) is 0 Å². The molecule has 1 aliphatic heterocycles. The van der Waals surface area contributed by atoms with Gasteiger partial charge in [-0.25, -0.2) is 0 Å². The van der Waals surface area contributed by atoms with Crippen LogP contribution in [-0.4, -0.2) is 11.7 Å². The van der Waals surface area contributed by atoms with E-state index in [9.17, 15) is 5.11 Å². The number of aliphatic hydroxyl groups is 1. The second kappa shape index (κ2) is 2.96. The van der Waals surface area contributed by atoms with Gasteiger partial charge >= 0.3 is 0 Å². The smallest absolute Gasteiger partial charge is 0.126 e. The number of aliphatic hydroxyl groups excluding tert-OH is 1. The fourth-order valence-corrected chi connectivity index (χ4v) is 1.51. The van der Waals surface area contributed by atoms with Crippen LogP contribution in [0.2, 0.25) is 5.02 Å². The molecule has 0 radical (unpaired) electrons. The SMILES string of the molecule is O[C@@H]1CCOc2cc(Cl)ccc21. The number of ether oxygens (including phenoxy) is 1. The predicted molar refractivity (Wildman–Crippen MR) is 46.5 cm³/mol. The van der Waals surface area contributed by atoms with Crippen LogP contribution in [0.25, 0.3) is 0 Å². The summed E-state index contributed by atoms with van der Waals surface area (Å²) in [5.41, 5.74) is 0.839. The minimum absolute atomic E-state index is 0.397. The summed E-state index contributed by atoms with van der Waals surface area (Å²) in [7, 11) is 0. The second-order valence-electron chi connectivity index (χ2n) is 2.84. The average molecular weight is 185 g/mol. The van der Waals surface area contributed by atoms with E-state index < -0.39 is 6.10 Å². The van der Waals surface area contributed by atoms with Crippen molar-refractivity contribution in [3.8, 4) is 5.75 Å². The van der Waals surface area contributed by atoms with Gasteiger partial charge in [-0.05, 0) is 12.1 Å². The Labute approximate surface area is 75.7 Å². The van der Waals surface area contributed by atoms with Gasteiger partial charge < -0.3 is 9.84 Å². The van der Waals surface area contributed by atoms with E-state index in [-0.39, 0.29) is 0 Å². The van der Waals surface area contributed by atoms with Gasteiger partial charge in [-0.1, -0.05) is 17.7 Å². The van der Waals surface area contributed by atoms with Gasteiger partial charge in [0.2, 0.25) is 0 Å². The molecule has 0 saturated carbocycles. The Kier molecular flexibility index (Phi) is 1.95. The monoisotopic (exact) mass is 184 g/mol. The minimum atomic E-state index is -0.397. The minimum Gasteiger partial charge on any atom is -0.493 e. The Morgan fingerprint density at radius 1 is 1.50 bits per heavy atom. The van der Waals surface area contributed by atoms with E-state index in [1.54, 1.807) is 12.1 Å². The molecule has 1 N–H and O–H groups in total. The molecule has 0 unspecified atom stereocenters. The second-order valence-corrected chi connectivity index (χ2v) is 3.27. The number of rotatable bonds is 0. The van der Waals surface area contributed by atoms with Crippen molar-refractivity contribution in [1.29, 1.82) is 0 Å². The molecule has 64 valence electrons. The molecular weight excluding hydrogens is 176 g/mol. The Morgan fingerprint density at radius 3 is 3.17 bits per heavy atom. The third-order valence-corrected chi connectivity index (χ3v) is 2.22. The van der Waals surface area contributed by atoms with Gasteiger partial charge in [0.25, 0.3) is 0 Å². The van der Waals surface area contributed by atoms with Crippen molar-refractivity contribution >= 4 is 11.6 Å². The van der Waals surface area contributed by atoms with Gasteiger partial charge in [0.1, 0.15) is 5.75 Å². The normalized spacial score (nSPS) is 21.3. The summed E-state index contributed by atoms with van der Waals surface area (Å²) in [6.45, 7) is 0.564. The van der Waals surface area contributed by atoms with Crippen LogP contribution < -0.4 is 4.74 Å². The van der Waals surface area contributed by atoms with E-state index in [1.807, 2.05) is 6.07 Å². The lowest BCUT2D eigenvalue weighted by Crippen LogP contribution is -2.13. The maximum atomic E-state index is 9.53. The zero-order valence-electron chi connectivity index (χ0n) is 6.46. The molecule has 2 nitrogen and oxygen atoms in total. The lowest BCUT2D eigenvalue weighted by molar-refractivity contribution is 0.115. The van der Waals surface area contributed by atoms with Gasteiger partial charge in [-0.15, -0.1) is 0 Å². The molecule has 0 bridgehead atoms. The van der Waals surface area contributed by atoms with Crippen LogP contribution in [0.5, 0.6) is 5.75 Å². The highest BCUT2D eigenvalue weighted by Crippen LogP contribution is 2.33. The maximum absolute atomic E-state index is 9.53. The largest absolute Gasteiger partial charge is 0.493 e. The molecule has 0 amide bonds. The molecular formula is C9H9ClO2. The molecule has 0 spiro atoms. The zero-order valence-corrected chi connectivity index (χ0v) is 7.21. The maximum Gasteiger partial charge on any atom is 0.126 e. The molecule has 0 aromatic heterocycles. The molecule has 3 heteroatoms. The number of fused-ring (bicyclic) bond motifs is 1. The van der Waals surface area contributed by atoms with E-state index >= 15 is 0 Å². The van der Waals surface area contributed by atoms with Gasteiger partial charge in [-0.3, -0.25) is 0 Å². The Bertz CT molecular complexity index is 299.